The fourth-order valence-electron chi connectivity index (χ4n) is 0.390. The number of rotatable bonds is 0. The lowest BCUT2D eigenvalue weighted by molar-refractivity contribution is 1.64. The maximum Gasteiger partial charge on any atom is 0.0988 e. The number of halogens is 2. The monoisotopic (exact) mass is 154 g/mol. The summed E-state index contributed by atoms with van der Waals surface area (Å²) in [5.41, 5.74) is 0. The van der Waals surface area contributed by atoms with Gasteiger partial charge in [0.1, 0.15) is 0 Å². The number of thioether (sulfide) groups is 1. The van der Waals surface area contributed by atoms with Crippen LogP contribution >= 0.6 is 35.0 Å². The van der Waals surface area contributed by atoms with Crippen LogP contribution in [-0.4, -0.2) is 9.42 Å². The van der Waals surface area contributed by atoms with E-state index in [-0.39, 0.29) is 9.42 Å². The van der Waals surface area contributed by atoms with Crippen LogP contribution in [0, 0.1) is 0 Å². The molecule has 0 spiro atoms. The van der Waals surface area contributed by atoms with Crippen molar-refractivity contribution in [2.75, 3.05) is 0 Å². The molecule has 1 aliphatic heterocycles. The van der Waals surface area contributed by atoms with Gasteiger partial charge in [0, 0.05) is 0 Å². The lowest BCUT2D eigenvalue weighted by Gasteiger charge is -1.93. The molecule has 7 heavy (non-hydrogen) atoms. The van der Waals surface area contributed by atoms with E-state index in [1.54, 1.807) is 11.8 Å². The van der Waals surface area contributed by atoms with E-state index in [2.05, 4.69) is 0 Å². The van der Waals surface area contributed by atoms with E-state index >= 15 is 0 Å². The molecular formula is C4H4Cl2S. The molecule has 0 radical (unpaired) electrons. The molecule has 2 unspecified atom stereocenters. The zero-order chi connectivity index (χ0) is 5.28. The van der Waals surface area contributed by atoms with Crippen LogP contribution in [-0.2, 0) is 0 Å². The van der Waals surface area contributed by atoms with Gasteiger partial charge in [0.15, 0.2) is 0 Å². The van der Waals surface area contributed by atoms with Crippen molar-refractivity contribution >= 4 is 35.0 Å². The van der Waals surface area contributed by atoms with Gasteiger partial charge in [0.05, 0.1) is 9.42 Å². The second-order valence-electron chi connectivity index (χ2n) is 1.22. The highest BCUT2D eigenvalue weighted by Gasteiger charge is 2.12. The third-order valence-electron chi connectivity index (χ3n) is 0.674. The highest BCUT2D eigenvalue weighted by Crippen LogP contribution is 2.31. The summed E-state index contributed by atoms with van der Waals surface area (Å²) in [5.74, 6) is 0. The summed E-state index contributed by atoms with van der Waals surface area (Å²) in [4.78, 5) is 0. The zero-order valence-corrected chi connectivity index (χ0v) is 5.80. The van der Waals surface area contributed by atoms with Gasteiger partial charge in [0.25, 0.3) is 0 Å². The fourth-order valence-corrected chi connectivity index (χ4v) is 1.99. The highest BCUT2D eigenvalue weighted by atomic mass is 35.5. The standard InChI is InChI=1S/C4H4Cl2S/c5-3-1-2-4(6)7-3/h1-4H. The molecule has 1 rings (SSSR count). The molecule has 0 saturated heterocycles. The van der Waals surface area contributed by atoms with E-state index in [1.807, 2.05) is 12.2 Å². The number of alkyl halides is 2. The normalized spacial score (nSPS) is 39.7. The van der Waals surface area contributed by atoms with Gasteiger partial charge in [-0.3, -0.25) is 0 Å². The Kier molecular flexibility index (Phi) is 1.90. The molecule has 1 heterocycles. The van der Waals surface area contributed by atoms with Gasteiger partial charge in [-0.25, -0.2) is 0 Å². The Hall–Kier alpha value is 0.670. The summed E-state index contributed by atoms with van der Waals surface area (Å²) < 4.78 is 0.199. The summed E-state index contributed by atoms with van der Waals surface area (Å²) >= 11 is 12.7. The first-order chi connectivity index (χ1) is 3.29. The molecule has 3 heteroatoms. The third-order valence-corrected chi connectivity index (χ3v) is 2.42. The summed E-state index contributed by atoms with van der Waals surface area (Å²) in [6, 6.07) is 0. The average Bonchev–Trinajstić information content (AvgIpc) is 1.87. The van der Waals surface area contributed by atoms with E-state index in [0.717, 1.165) is 0 Å². The molecule has 1 aliphatic rings. The Morgan fingerprint density at radius 3 is 1.71 bits per heavy atom. The third kappa shape index (κ3) is 1.56. The molecule has 0 aromatic heterocycles. The van der Waals surface area contributed by atoms with Crippen LogP contribution in [0.25, 0.3) is 0 Å². The first-order valence-electron chi connectivity index (χ1n) is 1.91. The first-order valence-corrected chi connectivity index (χ1v) is 3.72. The quantitative estimate of drug-likeness (QED) is 0.382. The smallest absolute Gasteiger partial charge is 0.0988 e. The molecule has 2 atom stereocenters. The minimum absolute atomic E-state index is 0.0995. The fraction of sp³-hybridized carbons (Fsp3) is 0.500. The van der Waals surface area contributed by atoms with Crippen LogP contribution < -0.4 is 0 Å². The van der Waals surface area contributed by atoms with Crippen LogP contribution in [0.2, 0.25) is 0 Å². The first kappa shape index (κ1) is 5.80. The summed E-state index contributed by atoms with van der Waals surface area (Å²) in [5, 5.41) is 0. The van der Waals surface area contributed by atoms with Crippen LogP contribution in [0.1, 0.15) is 0 Å². The zero-order valence-electron chi connectivity index (χ0n) is 3.47. The lowest BCUT2D eigenvalue weighted by atomic mass is 10.6. The number of hydrogen-bond acceptors (Lipinski definition) is 1. The second kappa shape index (κ2) is 2.29. The second-order valence-corrected chi connectivity index (χ2v) is 3.97. The molecule has 0 amide bonds. The Bertz CT molecular complexity index is 81.7. The van der Waals surface area contributed by atoms with Crippen molar-refractivity contribution in [3.05, 3.63) is 12.2 Å². The topological polar surface area (TPSA) is 0 Å². The van der Waals surface area contributed by atoms with Crippen molar-refractivity contribution in [3.63, 3.8) is 0 Å². The molecule has 0 saturated carbocycles. The van der Waals surface area contributed by atoms with Gasteiger partial charge in [0.2, 0.25) is 0 Å². The van der Waals surface area contributed by atoms with E-state index in [1.165, 1.54) is 0 Å². The lowest BCUT2D eigenvalue weighted by Crippen LogP contribution is -1.80. The van der Waals surface area contributed by atoms with Gasteiger partial charge >= 0.3 is 0 Å². The molecule has 0 aromatic rings. The Morgan fingerprint density at radius 2 is 1.57 bits per heavy atom. The van der Waals surface area contributed by atoms with E-state index in [4.69, 9.17) is 23.2 Å². The highest BCUT2D eigenvalue weighted by molar-refractivity contribution is 8.03. The summed E-state index contributed by atoms with van der Waals surface area (Å²) in [6.07, 6.45) is 3.79. The van der Waals surface area contributed by atoms with Crippen molar-refractivity contribution in [2.45, 2.75) is 9.42 Å². The minimum Gasteiger partial charge on any atom is -0.114 e. The Morgan fingerprint density at radius 1 is 1.14 bits per heavy atom. The van der Waals surface area contributed by atoms with Gasteiger partial charge in [-0.15, -0.1) is 35.0 Å². The van der Waals surface area contributed by atoms with E-state index < -0.39 is 0 Å². The molecule has 0 fully saturated rings. The van der Waals surface area contributed by atoms with E-state index in [0.29, 0.717) is 0 Å². The van der Waals surface area contributed by atoms with Crippen LogP contribution in [0.4, 0.5) is 0 Å². The van der Waals surface area contributed by atoms with Crippen LogP contribution in [0.15, 0.2) is 12.2 Å². The minimum atomic E-state index is 0.0995. The van der Waals surface area contributed by atoms with Gasteiger partial charge in [-0.1, -0.05) is 12.2 Å². The SMILES string of the molecule is ClC1C=CC(Cl)S1. The average molecular weight is 155 g/mol. The summed E-state index contributed by atoms with van der Waals surface area (Å²) in [7, 11) is 0. The van der Waals surface area contributed by atoms with E-state index in [9.17, 15) is 0 Å². The van der Waals surface area contributed by atoms with Crippen LogP contribution in [0.5, 0.6) is 0 Å². The van der Waals surface area contributed by atoms with Crippen molar-refractivity contribution in [3.8, 4) is 0 Å². The van der Waals surface area contributed by atoms with Gasteiger partial charge in [-0.2, -0.15) is 0 Å². The largest absolute Gasteiger partial charge is 0.114 e. The van der Waals surface area contributed by atoms with Crippen LogP contribution in [0.3, 0.4) is 0 Å². The maximum absolute atomic E-state index is 5.60. The molecule has 40 valence electrons. The predicted octanol–water partition coefficient (Wildman–Crippen LogP) is 2.42. The number of hydrogen-bond donors (Lipinski definition) is 0. The molecule has 0 nitrogen and oxygen atoms in total. The Labute approximate surface area is 56.9 Å². The van der Waals surface area contributed by atoms with Gasteiger partial charge < -0.3 is 0 Å². The molecule has 0 bridgehead atoms. The molecule has 0 aromatic carbocycles. The summed E-state index contributed by atoms with van der Waals surface area (Å²) in [6.45, 7) is 0. The maximum atomic E-state index is 5.60. The van der Waals surface area contributed by atoms with Crippen molar-refractivity contribution < 1.29 is 0 Å². The van der Waals surface area contributed by atoms with Crippen molar-refractivity contribution in [1.29, 1.82) is 0 Å². The molecule has 0 N–H and O–H groups in total. The molecule has 0 aliphatic carbocycles. The van der Waals surface area contributed by atoms with Crippen molar-refractivity contribution in [1.82, 2.24) is 0 Å². The Balaban J connectivity index is 2.42. The predicted molar refractivity (Wildman–Crippen MR) is 36.0 cm³/mol. The van der Waals surface area contributed by atoms with Crippen molar-refractivity contribution in [2.24, 2.45) is 0 Å². The molecular weight excluding hydrogens is 151 g/mol. The van der Waals surface area contributed by atoms with Gasteiger partial charge in [-0.05, 0) is 0 Å².